The Morgan fingerprint density at radius 2 is 1.52 bits per heavy atom. The van der Waals surface area contributed by atoms with Gasteiger partial charge in [-0.15, -0.1) is 0 Å². The molecule has 0 radical (unpaired) electrons. The minimum atomic E-state index is -3.56. The number of anilines is 2. The van der Waals surface area contributed by atoms with E-state index in [1.54, 1.807) is 24.3 Å². The Bertz CT molecular complexity index is 766. The van der Waals surface area contributed by atoms with Crippen molar-refractivity contribution in [2.45, 2.75) is 32.6 Å². The molecule has 0 aliphatic heterocycles. The zero-order valence-electron chi connectivity index (χ0n) is 14.1. The first kappa shape index (κ1) is 17.3. The maximum absolute atomic E-state index is 12.4. The van der Waals surface area contributed by atoms with Crippen LogP contribution in [0.15, 0.2) is 47.4 Å². The molecule has 0 aromatic heterocycles. The number of hydrogen-bond donors (Lipinski definition) is 2. The van der Waals surface area contributed by atoms with Crippen LogP contribution in [0.1, 0.15) is 25.0 Å². The van der Waals surface area contributed by atoms with E-state index in [1.807, 2.05) is 32.0 Å². The van der Waals surface area contributed by atoms with E-state index in [-0.39, 0.29) is 4.90 Å². The van der Waals surface area contributed by atoms with E-state index in [1.165, 1.54) is 0 Å². The minimum Gasteiger partial charge on any atom is -0.385 e. The lowest BCUT2D eigenvalue weighted by Crippen LogP contribution is -2.13. The summed E-state index contributed by atoms with van der Waals surface area (Å²) in [6.07, 6.45) is 0. The van der Waals surface area contributed by atoms with Gasteiger partial charge >= 0.3 is 0 Å². The maximum Gasteiger partial charge on any atom is 0.261 e. The fourth-order valence-corrected chi connectivity index (χ4v) is 3.22. The van der Waals surface area contributed by atoms with Gasteiger partial charge in [0.1, 0.15) is 0 Å². The summed E-state index contributed by atoms with van der Waals surface area (Å²) in [5, 5.41) is 3.30. The lowest BCUT2D eigenvalue weighted by Gasteiger charge is -2.12. The third-order valence-corrected chi connectivity index (χ3v) is 5.02. The Kier molecular flexibility index (Phi) is 5.31. The van der Waals surface area contributed by atoms with Crippen molar-refractivity contribution < 1.29 is 8.42 Å². The Morgan fingerprint density at radius 3 is 2.09 bits per heavy atom. The Morgan fingerprint density at radius 1 is 0.913 bits per heavy atom. The molecule has 0 saturated heterocycles. The molecule has 0 unspecified atom stereocenters. The fraction of sp³-hybridized carbons (Fsp3) is 0.333. The van der Waals surface area contributed by atoms with Crippen LogP contribution >= 0.6 is 0 Å². The number of hydrogen-bond acceptors (Lipinski definition) is 3. The molecule has 0 atom stereocenters. The molecule has 23 heavy (non-hydrogen) atoms. The van der Waals surface area contributed by atoms with Crippen molar-refractivity contribution in [3.63, 3.8) is 0 Å². The summed E-state index contributed by atoms with van der Waals surface area (Å²) in [6.45, 7) is 9.03. The zero-order valence-corrected chi connectivity index (χ0v) is 14.9. The number of nitrogens with one attached hydrogen (secondary N) is 2. The highest BCUT2D eigenvalue weighted by atomic mass is 32.2. The van der Waals surface area contributed by atoms with E-state index in [9.17, 15) is 8.42 Å². The molecule has 5 heteroatoms. The topological polar surface area (TPSA) is 58.2 Å². The Hall–Kier alpha value is -2.01. The van der Waals surface area contributed by atoms with Crippen LogP contribution in [0.4, 0.5) is 11.4 Å². The van der Waals surface area contributed by atoms with Crippen LogP contribution in [-0.4, -0.2) is 15.0 Å². The van der Waals surface area contributed by atoms with Gasteiger partial charge in [0.05, 0.1) is 4.90 Å². The molecule has 0 bridgehead atoms. The van der Waals surface area contributed by atoms with Crippen LogP contribution in [0.5, 0.6) is 0 Å². The van der Waals surface area contributed by atoms with Crippen molar-refractivity contribution in [2.24, 2.45) is 5.92 Å². The minimum absolute atomic E-state index is 0.280. The average Bonchev–Trinajstić information content (AvgIpc) is 2.49. The molecular formula is C18H24N2O2S. The first-order valence-corrected chi connectivity index (χ1v) is 9.20. The van der Waals surface area contributed by atoms with Crippen LogP contribution in [0.2, 0.25) is 0 Å². The van der Waals surface area contributed by atoms with Gasteiger partial charge < -0.3 is 5.32 Å². The highest BCUT2D eigenvalue weighted by Gasteiger charge is 2.14. The summed E-state index contributed by atoms with van der Waals surface area (Å²) in [5.41, 5.74) is 3.57. The predicted octanol–water partition coefficient (Wildman–Crippen LogP) is 4.17. The van der Waals surface area contributed by atoms with Crippen LogP contribution in [-0.2, 0) is 10.0 Å². The second-order valence-corrected chi connectivity index (χ2v) is 7.89. The summed E-state index contributed by atoms with van der Waals surface area (Å²) in [7, 11) is -3.56. The summed E-state index contributed by atoms with van der Waals surface area (Å²) in [5.74, 6) is 0.554. The van der Waals surface area contributed by atoms with Gasteiger partial charge in [0.25, 0.3) is 10.0 Å². The lowest BCUT2D eigenvalue weighted by molar-refractivity contribution is 0.601. The first-order valence-electron chi connectivity index (χ1n) is 7.72. The highest BCUT2D eigenvalue weighted by Crippen LogP contribution is 2.20. The molecule has 2 aromatic carbocycles. The Labute approximate surface area is 139 Å². The number of benzene rings is 2. The van der Waals surface area contributed by atoms with Crippen LogP contribution in [0.3, 0.4) is 0 Å². The molecule has 2 rings (SSSR count). The van der Waals surface area contributed by atoms with Gasteiger partial charge in [-0.1, -0.05) is 19.9 Å². The van der Waals surface area contributed by atoms with Gasteiger partial charge in [-0.2, -0.15) is 0 Å². The van der Waals surface area contributed by atoms with Crippen molar-refractivity contribution >= 4 is 21.4 Å². The van der Waals surface area contributed by atoms with Crippen molar-refractivity contribution in [3.05, 3.63) is 53.6 Å². The highest BCUT2D eigenvalue weighted by molar-refractivity contribution is 7.92. The SMILES string of the molecule is Cc1ccc(S(=O)(=O)Nc2ccc(NCC(C)C)cc2)cc1C. The summed E-state index contributed by atoms with van der Waals surface area (Å²) in [6, 6.07) is 12.4. The molecule has 0 spiro atoms. The van der Waals surface area contributed by atoms with Gasteiger partial charge in [-0.3, -0.25) is 4.72 Å². The molecule has 2 N–H and O–H groups in total. The molecule has 0 fully saturated rings. The van der Waals surface area contributed by atoms with Gasteiger partial charge in [0.15, 0.2) is 0 Å². The molecule has 2 aromatic rings. The molecule has 4 nitrogen and oxygen atoms in total. The average molecular weight is 332 g/mol. The predicted molar refractivity (Wildman–Crippen MR) is 96.5 cm³/mol. The standard InChI is InChI=1S/C18H24N2O2S/c1-13(2)12-19-16-6-8-17(9-7-16)20-23(21,22)18-10-5-14(3)15(4)11-18/h5-11,13,19-20H,12H2,1-4H3. The lowest BCUT2D eigenvalue weighted by atomic mass is 10.1. The smallest absolute Gasteiger partial charge is 0.261 e. The number of aryl methyl sites for hydroxylation is 2. The van der Waals surface area contributed by atoms with E-state index < -0.39 is 10.0 Å². The quantitative estimate of drug-likeness (QED) is 0.834. The third kappa shape index (κ3) is 4.73. The Balaban J connectivity index is 2.12. The van der Waals surface area contributed by atoms with Gasteiger partial charge in [-0.05, 0) is 67.3 Å². The van der Waals surface area contributed by atoms with Crippen molar-refractivity contribution in [2.75, 3.05) is 16.6 Å². The van der Waals surface area contributed by atoms with Crippen molar-refractivity contribution in [1.29, 1.82) is 0 Å². The molecule has 0 saturated carbocycles. The van der Waals surface area contributed by atoms with E-state index >= 15 is 0 Å². The summed E-state index contributed by atoms with van der Waals surface area (Å²) >= 11 is 0. The van der Waals surface area contributed by atoms with Crippen LogP contribution in [0.25, 0.3) is 0 Å². The van der Waals surface area contributed by atoms with Crippen molar-refractivity contribution in [1.82, 2.24) is 0 Å². The third-order valence-electron chi connectivity index (χ3n) is 3.64. The zero-order chi connectivity index (χ0) is 17.0. The second-order valence-electron chi connectivity index (χ2n) is 6.20. The molecule has 0 heterocycles. The fourth-order valence-electron chi connectivity index (χ4n) is 2.07. The molecule has 0 amide bonds. The van der Waals surface area contributed by atoms with Crippen molar-refractivity contribution in [3.8, 4) is 0 Å². The van der Waals surface area contributed by atoms with E-state index in [0.29, 0.717) is 11.6 Å². The molecule has 0 aliphatic rings. The van der Waals surface area contributed by atoms with E-state index in [0.717, 1.165) is 23.4 Å². The van der Waals surface area contributed by atoms with Crippen LogP contribution < -0.4 is 10.0 Å². The number of sulfonamides is 1. The van der Waals surface area contributed by atoms with E-state index in [2.05, 4.69) is 23.9 Å². The molecule has 0 aliphatic carbocycles. The van der Waals surface area contributed by atoms with Gasteiger partial charge in [0, 0.05) is 17.9 Å². The van der Waals surface area contributed by atoms with Crippen LogP contribution in [0, 0.1) is 19.8 Å². The second kappa shape index (κ2) is 7.04. The normalized spacial score (nSPS) is 11.5. The van der Waals surface area contributed by atoms with Gasteiger partial charge in [-0.25, -0.2) is 8.42 Å². The maximum atomic E-state index is 12.4. The molecule has 124 valence electrons. The molecular weight excluding hydrogens is 308 g/mol. The summed E-state index contributed by atoms with van der Waals surface area (Å²) < 4.78 is 27.5. The van der Waals surface area contributed by atoms with E-state index in [4.69, 9.17) is 0 Å². The first-order chi connectivity index (χ1) is 10.8. The van der Waals surface area contributed by atoms with Gasteiger partial charge in [0.2, 0.25) is 0 Å². The largest absolute Gasteiger partial charge is 0.385 e. The number of rotatable bonds is 6. The monoisotopic (exact) mass is 332 g/mol. The summed E-state index contributed by atoms with van der Waals surface area (Å²) in [4.78, 5) is 0.280.